The average Bonchev–Trinajstić information content (AvgIpc) is 2.42. The third-order valence-electron chi connectivity index (χ3n) is 3.34. The molecule has 0 aromatic heterocycles. The summed E-state index contributed by atoms with van der Waals surface area (Å²) in [6.07, 6.45) is 2.08. The van der Waals surface area contributed by atoms with Gasteiger partial charge in [-0.15, -0.1) is 0 Å². The van der Waals surface area contributed by atoms with Gasteiger partial charge in [0.1, 0.15) is 6.07 Å². The van der Waals surface area contributed by atoms with Crippen LogP contribution in [-0.4, -0.2) is 30.6 Å². The first-order valence-electron chi connectivity index (χ1n) is 6.28. The van der Waals surface area contributed by atoms with Gasteiger partial charge in [-0.05, 0) is 47.0 Å². The van der Waals surface area contributed by atoms with Crippen molar-refractivity contribution in [2.45, 2.75) is 18.9 Å². The van der Waals surface area contributed by atoms with E-state index in [-0.39, 0.29) is 0 Å². The van der Waals surface area contributed by atoms with Crippen LogP contribution >= 0.6 is 15.9 Å². The van der Waals surface area contributed by atoms with Crippen molar-refractivity contribution >= 4 is 21.6 Å². The molecule has 19 heavy (non-hydrogen) atoms. The fraction of sp³-hybridized carbons (Fsp3) is 0.429. The van der Waals surface area contributed by atoms with Crippen LogP contribution < -0.4 is 5.32 Å². The number of halogens is 1. The molecule has 0 aliphatic carbocycles. The molecular formula is C14H15BrN4. The van der Waals surface area contributed by atoms with Gasteiger partial charge in [-0.25, -0.2) is 0 Å². The summed E-state index contributed by atoms with van der Waals surface area (Å²) in [5.74, 6) is 0. The number of piperidine rings is 1. The fourth-order valence-corrected chi connectivity index (χ4v) is 2.73. The highest BCUT2D eigenvalue weighted by atomic mass is 79.9. The van der Waals surface area contributed by atoms with Crippen molar-refractivity contribution in [1.29, 1.82) is 10.5 Å². The number of benzene rings is 1. The minimum Gasteiger partial charge on any atom is -0.382 e. The van der Waals surface area contributed by atoms with Crippen LogP contribution in [-0.2, 0) is 0 Å². The van der Waals surface area contributed by atoms with Gasteiger partial charge in [-0.1, -0.05) is 0 Å². The maximum Gasteiger partial charge on any atom is 0.100 e. The van der Waals surface area contributed by atoms with Crippen molar-refractivity contribution in [2.75, 3.05) is 25.0 Å². The Balaban J connectivity index is 1.91. The SMILES string of the molecule is N#CCN1CCC(Nc2ccc(C#N)c(Br)c2)CC1. The zero-order valence-electron chi connectivity index (χ0n) is 10.6. The van der Waals surface area contributed by atoms with Crippen LogP contribution in [0.15, 0.2) is 22.7 Å². The number of hydrogen-bond acceptors (Lipinski definition) is 4. The highest BCUT2D eigenvalue weighted by molar-refractivity contribution is 9.10. The molecule has 1 N–H and O–H groups in total. The third-order valence-corrected chi connectivity index (χ3v) is 4.00. The van der Waals surface area contributed by atoms with E-state index in [0.29, 0.717) is 18.2 Å². The second kappa shape index (κ2) is 6.56. The lowest BCUT2D eigenvalue weighted by Gasteiger charge is -2.31. The van der Waals surface area contributed by atoms with E-state index in [1.807, 2.05) is 18.2 Å². The molecule has 1 fully saturated rings. The molecule has 5 heteroatoms. The standard InChI is InChI=1S/C14H15BrN4/c15-14-9-13(2-1-11(14)10-17)18-12-3-6-19(7-4-12)8-5-16/h1-2,9,12,18H,3-4,6-8H2. The summed E-state index contributed by atoms with van der Waals surface area (Å²) >= 11 is 3.40. The van der Waals surface area contributed by atoms with Crippen molar-refractivity contribution in [3.05, 3.63) is 28.2 Å². The number of anilines is 1. The Labute approximate surface area is 121 Å². The van der Waals surface area contributed by atoms with Crippen LogP contribution in [0.5, 0.6) is 0 Å². The molecule has 1 saturated heterocycles. The van der Waals surface area contributed by atoms with Gasteiger partial charge in [0.2, 0.25) is 0 Å². The quantitative estimate of drug-likeness (QED) is 0.870. The smallest absolute Gasteiger partial charge is 0.100 e. The topological polar surface area (TPSA) is 62.9 Å². The Morgan fingerprint density at radius 1 is 1.32 bits per heavy atom. The van der Waals surface area contributed by atoms with Gasteiger partial charge in [-0.2, -0.15) is 10.5 Å². The van der Waals surface area contributed by atoms with E-state index in [2.05, 4.69) is 38.3 Å². The maximum atomic E-state index is 8.88. The van der Waals surface area contributed by atoms with Gasteiger partial charge in [0.05, 0.1) is 18.2 Å². The lowest BCUT2D eigenvalue weighted by molar-refractivity contribution is 0.242. The maximum absolute atomic E-state index is 8.88. The fourth-order valence-electron chi connectivity index (χ4n) is 2.27. The van der Waals surface area contributed by atoms with Gasteiger partial charge < -0.3 is 5.32 Å². The van der Waals surface area contributed by atoms with Crippen LogP contribution in [0.25, 0.3) is 0 Å². The molecular weight excluding hydrogens is 304 g/mol. The lowest BCUT2D eigenvalue weighted by atomic mass is 10.0. The van der Waals surface area contributed by atoms with Crippen molar-refractivity contribution in [1.82, 2.24) is 4.90 Å². The van der Waals surface area contributed by atoms with Crippen LogP contribution in [0.1, 0.15) is 18.4 Å². The molecule has 4 nitrogen and oxygen atoms in total. The normalized spacial score (nSPS) is 16.6. The zero-order valence-corrected chi connectivity index (χ0v) is 12.2. The van der Waals surface area contributed by atoms with Crippen molar-refractivity contribution < 1.29 is 0 Å². The second-order valence-electron chi connectivity index (χ2n) is 4.66. The molecule has 1 heterocycles. The van der Waals surface area contributed by atoms with Gasteiger partial charge in [0, 0.05) is 29.3 Å². The summed E-state index contributed by atoms with van der Waals surface area (Å²) in [6.45, 7) is 2.44. The molecule has 0 unspecified atom stereocenters. The number of hydrogen-bond donors (Lipinski definition) is 1. The average molecular weight is 319 g/mol. The molecule has 0 saturated carbocycles. The number of nitrogens with zero attached hydrogens (tertiary/aromatic N) is 3. The largest absolute Gasteiger partial charge is 0.382 e. The van der Waals surface area contributed by atoms with Crippen molar-refractivity contribution in [3.63, 3.8) is 0 Å². The summed E-state index contributed by atoms with van der Waals surface area (Å²) in [5.41, 5.74) is 1.68. The van der Waals surface area contributed by atoms with E-state index in [0.717, 1.165) is 36.1 Å². The third kappa shape index (κ3) is 3.70. The van der Waals surface area contributed by atoms with E-state index in [9.17, 15) is 0 Å². The van der Waals surface area contributed by atoms with Crippen LogP contribution in [0.2, 0.25) is 0 Å². The highest BCUT2D eigenvalue weighted by Gasteiger charge is 2.18. The second-order valence-corrected chi connectivity index (χ2v) is 5.51. The van der Waals surface area contributed by atoms with Crippen molar-refractivity contribution in [2.24, 2.45) is 0 Å². The van der Waals surface area contributed by atoms with Crippen molar-refractivity contribution in [3.8, 4) is 12.1 Å². The van der Waals surface area contributed by atoms with Crippen LogP contribution in [0.3, 0.4) is 0 Å². The molecule has 1 aromatic carbocycles. The van der Waals surface area contributed by atoms with E-state index in [1.54, 1.807) is 0 Å². The number of likely N-dealkylation sites (tertiary alicyclic amines) is 1. The summed E-state index contributed by atoms with van der Waals surface area (Å²) in [6, 6.07) is 10.5. The molecule has 0 bridgehead atoms. The Hall–Kier alpha value is -1.56. The van der Waals surface area contributed by atoms with E-state index < -0.39 is 0 Å². The molecule has 1 aliphatic heterocycles. The molecule has 1 aliphatic rings. The number of nitriles is 2. The van der Waals surface area contributed by atoms with E-state index in [1.165, 1.54) is 0 Å². The Bertz CT molecular complexity index is 521. The minimum atomic E-state index is 0.440. The molecule has 0 amide bonds. The Kier molecular flexibility index (Phi) is 4.79. The number of nitrogens with one attached hydrogen (secondary N) is 1. The summed E-state index contributed by atoms with van der Waals surface area (Å²) < 4.78 is 0.821. The first-order chi connectivity index (χ1) is 9.22. The van der Waals surface area contributed by atoms with Gasteiger partial charge in [-0.3, -0.25) is 4.90 Å². The molecule has 0 atom stereocenters. The summed E-state index contributed by atoms with van der Waals surface area (Å²) in [4.78, 5) is 2.17. The molecule has 98 valence electrons. The summed E-state index contributed by atoms with van der Waals surface area (Å²) in [7, 11) is 0. The highest BCUT2D eigenvalue weighted by Crippen LogP contribution is 2.23. The Morgan fingerprint density at radius 2 is 2.05 bits per heavy atom. The van der Waals surface area contributed by atoms with Gasteiger partial charge in [0.25, 0.3) is 0 Å². The zero-order chi connectivity index (χ0) is 13.7. The molecule has 1 aromatic rings. The molecule has 2 rings (SSSR count). The predicted octanol–water partition coefficient (Wildman–Crippen LogP) is 2.72. The predicted molar refractivity (Wildman–Crippen MR) is 77.6 cm³/mol. The first kappa shape index (κ1) is 13.9. The first-order valence-corrected chi connectivity index (χ1v) is 7.07. The van der Waals surface area contributed by atoms with Gasteiger partial charge in [0.15, 0.2) is 0 Å². The monoisotopic (exact) mass is 318 g/mol. The number of rotatable bonds is 3. The minimum absolute atomic E-state index is 0.440. The van der Waals surface area contributed by atoms with Gasteiger partial charge >= 0.3 is 0 Å². The van der Waals surface area contributed by atoms with Crippen LogP contribution in [0.4, 0.5) is 5.69 Å². The lowest BCUT2D eigenvalue weighted by Crippen LogP contribution is -2.39. The van der Waals surface area contributed by atoms with E-state index in [4.69, 9.17) is 10.5 Å². The van der Waals surface area contributed by atoms with E-state index >= 15 is 0 Å². The summed E-state index contributed by atoms with van der Waals surface area (Å²) in [5, 5.41) is 21.0. The Morgan fingerprint density at radius 3 is 2.63 bits per heavy atom. The molecule has 0 spiro atoms. The molecule has 0 radical (unpaired) electrons. The van der Waals surface area contributed by atoms with Crippen LogP contribution in [0, 0.1) is 22.7 Å².